The van der Waals surface area contributed by atoms with Gasteiger partial charge in [0.2, 0.25) is 0 Å². The number of benzene rings is 1. The van der Waals surface area contributed by atoms with E-state index in [0.29, 0.717) is 11.6 Å². The first kappa shape index (κ1) is 12.8. The van der Waals surface area contributed by atoms with Crippen LogP contribution in [0.3, 0.4) is 0 Å². The van der Waals surface area contributed by atoms with Crippen LogP contribution in [-0.4, -0.2) is 33.6 Å². The average molecular weight is 270 g/mol. The molecule has 0 atom stereocenters. The summed E-state index contributed by atoms with van der Waals surface area (Å²) in [6.45, 7) is 1.52. The van der Waals surface area contributed by atoms with Crippen molar-refractivity contribution in [3.8, 4) is 5.75 Å². The number of hydrogen-bond acceptors (Lipinski definition) is 2. The van der Waals surface area contributed by atoms with Crippen molar-refractivity contribution < 1.29 is 9.90 Å². The molecule has 0 spiro atoms. The fourth-order valence-electron chi connectivity index (χ4n) is 2.78. The minimum absolute atomic E-state index is 0.00635. The number of piperidine rings is 1. The van der Waals surface area contributed by atoms with Gasteiger partial charge in [0.05, 0.1) is 0 Å². The highest BCUT2D eigenvalue weighted by atomic mass is 16.3. The van der Waals surface area contributed by atoms with E-state index in [1.807, 2.05) is 17.0 Å². The number of amides is 1. The minimum Gasteiger partial charge on any atom is -0.508 e. The number of rotatable bonds is 2. The first-order valence-electron chi connectivity index (χ1n) is 6.95. The zero-order valence-electron chi connectivity index (χ0n) is 11.3. The molecular weight excluding hydrogens is 252 g/mol. The zero-order valence-corrected chi connectivity index (χ0v) is 11.3. The molecule has 0 saturated carbocycles. The van der Waals surface area contributed by atoms with Gasteiger partial charge >= 0.3 is 0 Å². The van der Waals surface area contributed by atoms with E-state index in [9.17, 15) is 9.90 Å². The third-order valence-corrected chi connectivity index (χ3v) is 3.89. The highest BCUT2D eigenvalue weighted by molar-refractivity contribution is 5.94. The highest BCUT2D eigenvalue weighted by Gasteiger charge is 2.24. The number of aromatic hydroxyl groups is 1. The van der Waals surface area contributed by atoms with Gasteiger partial charge in [0.15, 0.2) is 0 Å². The minimum atomic E-state index is 0.00635. The quantitative estimate of drug-likeness (QED) is 0.912. The summed E-state index contributed by atoms with van der Waals surface area (Å²) in [6.07, 6.45) is 6.10. The fourth-order valence-corrected chi connectivity index (χ4v) is 2.78. The van der Waals surface area contributed by atoms with Gasteiger partial charge in [-0.05, 0) is 43.2 Å². The fraction of sp³-hybridized carbons (Fsp3) is 0.312. The van der Waals surface area contributed by atoms with E-state index in [0.717, 1.165) is 25.9 Å². The summed E-state index contributed by atoms with van der Waals surface area (Å²) >= 11 is 0. The predicted molar refractivity (Wildman–Crippen MR) is 76.7 cm³/mol. The molecule has 1 aromatic heterocycles. The molecule has 0 radical (unpaired) electrons. The van der Waals surface area contributed by atoms with Crippen molar-refractivity contribution in [2.24, 2.45) is 0 Å². The van der Waals surface area contributed by atoms with E-state index in [1.165, 1.54) is 6.07 Å². The molecule has 1 amide bonds. The molecule has 4 nitrogen and oxygen atoms in total. The van der Waals surface area contributed by atoms with Gasteiger partial charge in [-0.15, -0.1) is 0 Å². The second-order valence-corrected chi connectivity index (χ2v) is 5.20. The van der Waals surface area contributed by atoms with E-state index in [1.54, 1.807) is 18.2 Å². The van der Waals surface area contributed by atoms with Crippen LogP contribution in [-0.2, 0) is 0 Å². The van der Waals surface area contributed by atoms with E-state index in [2.05, 4.69) is 17.0 Å². The molecule has 2 heterocycles. The third kappa shape index (κ3) is 2.54. The first-order chi connectivity index (χ1) is 9.74. The van der Waals surface area contributed by atoms with Gasteiger partial charge < -0.3 is 14.6 Å². The molecule has 4 heteroatoms. The Bertz CT molecular complexity index is 584. The topological polar surface area (TPSA) is 45.5 Å². The summed E-state index contributed by atoms with van der Waals surface area (Å²) in [7, 11) is 0. The van der Waals surface area contributed by atoms with E-state index >= 15 is 0 Å². The van der Waals surface area contributed by atoms with Crippen LogP contribution in [0, 0.1) is 0 Å². The van der Waals surface area contributed by atoms with Crippen LogP contribution in [0.5, 0.6) is 5.75 Å². The number of hydrogen-bond donors (Lipinski definition) is 1. The monoisotopic (exact) mass is 270 g/mol. The van der Waals surface area contributed by atoms with E-state index < -0.39 is 0 Å². The van der Waals surface area contributed by atoms with Gasteiger partial charge in [-0.3, -0.25) is 4.79 Å². The molecule has 0 aliphatic carbocycles. The molecule has 2 aromatic rings. The lowest BCUT2D eigenvalue weighted by Crippen LogP contribution is -2.38. The molecule has 1 saturated heterocycles. The van der Waals surface area contributed by atoms with E-state index in [4.69, 9.17) is 0 Å². The summed E-state index contributed by atoms with van der Waals surface area (Å²) in [5.74, 6) is 0.143. The maximum atomic E-state index is 12.4. The normalized spacial score (nSPS) is 16.3. The van der Waals surface area contributed by atoms with Crippen LogP contribution in [0.25, 0.3) is 0 Å². The van der Waals surface area contributed by atoms with Crippen LogP contribution < -0.4 is 0 Å². The number of aromatic nitrogens is 1. The van der Waals surface area contributed by atoms with Crippen molar-refractivity contribution in [2.75, 3.05) is 13.1 Å². The largest absolute Gasteiger partial charge is 0.508 e. The van der Waals surface area contributed by atoms with Crippen LogP contribution in [0.1, 0.15) is 29.2 Å². The highest BCUT2D eigenvalue weighted by Crippen LogP contribution is 2.24. The second kappa shape index (κ2) is 5.41. The number of carbonyl (C=O) groups is 1. The van der Waals surface area contributed by atoms with E-state index in [-0.39, 0.29) is 11.7 Å². The Morgan fingerprint density at radius 2 is 1.80 bits per heavy atom. The molecule has 1 aliphatic heterocycles. The molecule has 0 bridgehead atoms. The summed E-state index contributed by atoms with van der Waals surface area (Å²) in [6, 6.07) is 11.1. The Balaban J connectivity index is 1.65. The van der Waals surface area contributed by atoms with Crippen molar-refractivity contribution >= 4 is 5.91 Å². The molecule has 20 heavy (non-hydrogen) atoms. The zero-order chi connectivity index (χ0) is 13.9. The summed E-state index contributed by atoms with van der Waals surface area (Å²) in [5, 5.41) is 9.45. The average Bonchev–Trinajstić information content (AvgIpc) is 3.01. The maximum Gasteiger partial charge on any atom is 0.253 e. The van der Waals surface area contributed by atoms with Crippen molar-refractivity contribution in [2.45, 2.75) is 18.9 Å². The number of likely N-dealkylation sites (tertiary alicyclic amines) is 1. The lowest BCUT2D eigenvalue weighted by atomic mass is 10.0. The smallest absolute Gasteiger partial charge is 0.253 e. The third-order valence-electron chi connectivity index (χ3n) is 3.89. The van der Waals surface area contributed by atoms with Crippen LogP contribution in [0.4, 0.5) is 0 Å². The number of carbonyl (C=O) groups excluding carboxylic acids is 1. The van der Waals surface area contributed by atoms with Gasteiger partial charge in [0, 0.05) is 37.1 Å². The summed E-state index contributed by atoms with van der Waals surface area (Å²) in [5.41, 5.74) is 0.560. The number of phenols is 1. The van der Waals surface area contributed by atoms with Gasteiger partial charge in [0.1, 0.15) is 5.75 Å². The molecule has 104 valence electrons. The molecule has 1 aromatic carbocycles. The second-order valence-electron chi connectivity index (χ2n) is 5.20. The molecule has 1 N–H and O–H groups in total. The number of nitrogens with zero attached hydrogens (tertiary/aromatic N) is 2. The van der Waals surface area contributed by atoms with Gasteiger partial charge in [-0.1, -0.05) is 6.07 Å². The van der Waals surface area contributed by atoms with Gasteiger partial charge in [0.25, 0.3) is 5.91 Å². The van der Waals surface area contributed by atoms with Crippen molar-refractivity contribution in [1.82, 2.24) is 9.47 Å². The van der Waals surface area contributed by atoms with Crippen LogP contribution in [0.2, 0.25) is 0 Å². The Labute approximate surface area is 118 Å². The van der Waals surface area contributed by atoms with Crippen LogP contribution >= 0.6 is 0 Å². The van der Waals surface area contributed by atoms with Crippen molar-refractivity contribution in [3.63, 3.8) is 0 Å². The summed E-state index contributed by atoms with van der Waals surface area (Å²) < 4.78 is 2.22. The van der Waals surface area contributed by atoms with Gasteiger partial charge in [-0.25, -0.2) is 0 Å². The molecule has 1 fully saturated rings. The Kier molecular flexibility index (Phi) is 3.46. The van der Waals surface area contributed by atoms with Crippen molar-refractivity contribution in [1.29, 1.82) is 0 Å². The standard InChI is InChI=1S/C16H18N2O2/c19-15-5-3-4-13(12-15)16(20)18-10-6-14(7-11-18)17-8-1-2-9-17/h1-5,8-9,12,14,19H,6-7,10-11H2. The van der Waals surface area contributed by atoms with Crippen molar-refractivity contribution in [3.05, 3.63) is 54.4 Å². The molecule has 3 rings (SSSR count). The lowest BCUT2D eigenvalue weighted by molar-refractivity contribution is 0.0694. The first-order valence-corrected chi connectivity index (χ1v) is 6.95. The van der Waals surface area contributed by atoms with Gasteiger partial charge in [-0.2, -0.15) is 0 Å². The lowest BCUT2D eigenvalue weighted by Gasteiger charge is -2.32. The molecular formula is C16H18N2O2. The maximum absolute atomic E-state index is 12.4. The summed E-state index contributed by atoms with van der Waals surface area (Å²) in [4.78, 5) is 14.2. The Morgan fingerprint density at radius 3 is 2.45 bits per heavy atom. The Morgan fingerprint density at radius 1 is 1.10 bits per heavy atom. The molecule has 0 unspecified atom stereocenters. The molecule has 1 aliphatic rings. The predicted octanol–water partition coefficient (Wildman–Crippen LogP) is 2.67. The Hall–Kier alpha value is -2.23. The van der Waals surface area contributed by atoms with Crippen LogP contribution in [0.15, 0.2) is 48.8 Å². The SMILES string of the molecule is O=C(c1cccc(O)c1)N1CCC(n2cccc2)CC1. The number of phenolic OH excluding ortho intramolecular Hbond substituents is 1.